The fraction of sp³-hybridized carbons (Fsp3) is 0.143. The van der Waals surface area contributed by atoms with Crippen molar-refractivity contribution in [2.24, 2.45) is 0 Å². The van der Waals surface area contributed by atoms with E-state index in [1.807, 2.05) is 0 Å². The number of ketones is 2. The lowest BCUT2D eigenvalue weighted by molar-refractivity contribution is 0.1000. The number of hydrogen-bond acceptors (Lipinski definition) is 3. The summed E-state index contributed by atoms with van der Waals surface area (Å²) in [5, 5.41) is -0.474. The second-order valence-corrected chi connectivity index (χ2v) is 6.03. The molecule has 0 radical (unpaired) electrons. The van der Waals surface area contributed by atoms with Crippen LogP contribution >= 0.6 is 7.60 Å². The lowest BCUT2D eigenvalue weighted by atomic mass is 9.95. The van der Waals surface area contributed by atoms with Gasteiger partial charge in [-0.3, -0.25) is 14.2 Å². The first-order chi connectivity index (χ1) is 9.07. The van der Waals surface area contributed by atoms with Crippen LogP contribution < -0.4 is 5.30 Å². The minimum Gasteiger partial charge on any atom is -0.321 e. The quantitative estimate of drug-likeness (QED) is 0.492. The lowest BCUT2D eigenvalue weighted by Gasteiger charge is -2.14. The van der Waals surface area contributed by atoms with Gasteiger partial charge in [-0.25, -0.2) is 0 Å². The molecule has 1 aromatic rings. The Morgan fingerprint density at radius 2 is 1.55 bits per heavy atom. The lowest BCUT2D eigenvalue weighted by Crippen LogP contribution is -2.22. The van der Waals surface area contributed by atoms with Crippen molar-refractivity contribution in [1.82, 2.24) is 0 Å². The van der Waals surface area contributed by atoms with Gasteiger partial charge < -0.3 is 9.79 Å². The second kappa shape index (κ2) is 5.67. The predicted molar refractivity (Wildman–Crippen MR) is 76.4 cm³/mol. The van der Waals surface area contributed by atoms with E-state index in [1.165, 1.54) is 26.0 Å². The molecule has 106 valence electrons. The van der Waals surface area contributed by atoms with Gasteiger partial charge in [0.2, 0.25) is 0 Å². The Morgan fingerprint density at radius 1 is 1.05 bits per heavy atom. The summed E-state index contributed by atoms with van der Waals surface area (Å²) >= 11 is 0. The van der Waals surface area contributed by atoms with Gasteiger partial charge in [-0.2, -0.15) is 0 Å². The first-order valence-electron chi connectivity index (χ1n) is 5.67. The van der Waals surface area contributed by atoms with Crippen molar-refractivity contribution in [2.45, 2.75) is 13.8 Å². The van der Waals surface area contributed by atoms with E-state index in [1.54, 1.807) is 0 Å². The molecular formula is C14H15O5P. The van der Waals surface area contributed by atoms with Crippen LogP contribution in [-0.2, 0) is 4.57 Å². The minimum absolute atomic E-state index is 0.0775. The van der Waals surface area contributed by atoms with Crippen molar-refractivity contribution in [3.05, 3.63) is 53.6 Å². The van der Waals surface area contributed by atoms with Crippen LogP contribution in [0.4, 0.5) is 0 Å². The number of Topliss-reactive ketones (excluding diaryl/α,β-unsaturated/α-hetero) is 2. The van der Waals surface area contributed by atoms with E-state index in [9.17, 15) is 23.9 Å². The highest BCUT2D eigenvalue weighted by Gasteiger charge is 2.29. The van der Waals surface area contributed by atoms with E-state index in [4.69, 9.17) is 0 Å². The zero-order chi connectivity index (χ0) is 15.7. The summed E-state index contributed by atoms with van der Waals surface area (Å²) in [5.74, 6) is -1.21. The third-order valence-electron chi connectivity index (χ3n) is 2.60. The van der Waals surface area contributed by atoms with Crippen molar-refractivity contribution in [1.29, 1.82) is 0 Å². The fourth-order valence-electron chi connectivity index (χ4n) is 1.65. The monoisotopic (exact) mass is 294 g/mol. The molecule has 5 nitrogen and oxygen atoms in total. The number of benzene rings is 1. The van der Waals surface area contributed by atoms with Gasteiger partial charge in [-0.05, 0) is 31.1 Å². The van der Waals surface area contributed by atoms with Crippen LogP contribution in [0.5, 0.6) is 0 Å². The Labute approximate surface area is 116 Å². The standard InChI is InChI=1S/C14H15O5P/c1-8(2)13(15)10-6-5-7-11(20(17,18)19)12(10)14(16)9(3)4/h5-7H,1,3H2,2,4H3,(H2,17,18,19). The molecule has 0 amide bonds. The zero-order valence-electron chi connectivity index (χ0n) is 11.2. The molecule has 0 unspecified atom stereocenters. The molecule has 20 heavy (non-hydrogen) atoms. The zero-order valence-corrected chi connectivity index (χ0v) is 12.1. The molecule has 0 bridgehead atoms. The molecule has 0 aliphatic heterocycles. The van der Waals surface area contributed by atoms with Crippen LogP contribution in [0.1, 0.15) is 34.6 Å². The van der Waals surface area contributed by atoms with Crippen molar-refractivity contribution in [2.75, 3.05) is 0 Å². The van der Waals surface area contributed by atoms with Crippen molar-refractivity contribution >= 4 is 24.5 Å². The van der Waals surface area contributed by atoms with Gasteiger partial charge in [-0.15, -0.1) is 0 Å². The number of carbonyl (C=O) groups excluding carboxylic acids is 2. The highest BCUT2D eigenvalue weighted by atomic mass is 31.2. The molecule has 0 aromatic heterocycles. The Hall–Kier alpha value is -1.81. The van der Waals surface area contributed by atoms with Crippen LogP contribution in [0, 0.1) is 0 Å². The van der Waals surface area contributed by atoms with Gasteiger partial charge in [0.1, 0.15) is 0 Å². The summed E-state index contributed by atoms with van der Waals surface area (Å²) in [4.78, 5) is 42.9. The molecule has 0 saturated heterocycles. The second-order valence-electron chi connectivity index (χ2n) is 4.46. The van der Waals surface area contributed by atoms with Gasteiger partial charge in [0, 0.05) is 11.1 Å². The smallest absolute Gasteiger partial charge is 0.321 e. The molecule has 0 spiro atoms. The van der Waals surface area contributed by atoms with E-state index in [2.05, 4.69) is 13.2 Å². The van der Waals surface area contributed by atoms with Crippen LogP contribution in [-0.4, -0.2) is 21.4 Å². The van der Waals surface area contributed by atoms with Crippen LogP contribution in [0.2, 0.25) is 0 Å². The average molecular weight is 294 g/mol. The van der Waals surface area contributed by atoms with Crippen LogP contribution in [0.15, 0.2) is 42.5 Å². The number of carbonyl (C=O) groups is 2. The largest absolute Gasteiger partial charge is 0.356 e. The topological polar surface area (TPSA) is 91.7 Å². The molecular weight excluding hydrogens is 279 g/mol. The van der Waals surface area contributed by atoms with Crippen molar-refractivity contribution < 1.29 is 23.9 Å². The Balaban J connectivity index is 3.75. The highest BCUT2D eigenvalue weighted by molar-refractivity contribution is 7.60. The molecule has 6 heteroatoms. The maximum absolute atomic E-state index is 12.1. The Bertz CT molecular complexity index is 666. The molecule has 0 aliphatic carbocycles. The fourth-order valence-corrected chi connectivity index (χ4v) is 2.45. The number of rotatable bonds is 5. The first kappa shape index (κ1) is 16.2. The molecule has 0 fully saturated rings. The van der Waals surface area contributed by atoms with Crippen molar-refractivity contribution in [3.8, 4) is 0 Å². The maximum Gasteiger partial charge on any atom is 0.356 e. The maximum atomic E-state index is 12.1. The van der Waals surface area contributed by atoms with E-state index in [-0.39, 0.29) is 22.3 Å². The van der Waals surface area contributed by atoms with E-state index < -0.39 is 24.5 Å². The summed E-state index contributed by atoms with van der Waals surface area (Å²) in [6.45, 7) is 9.83. The Morgan fingerprint density at radius 3 is 1.95 bits per heavy atom. The summed E-state index contributed by atoms with van der Waals surface area (Å²) in [7, 11) is -4.69. The van der Waals surface area contributed by atoms with Gasteiger partial charge in [-0.1, -0.05) is 25.3 Å². The Kier molecular flexibility index (Phi) is 4.61. The van der Waals surface area contributed by atoms with Crippen LogP contribution in [0.3, 0.4) is 0 Å². The van der Waals surface area contributed by atoms with Gasteiger partial charge >= 0.3 is 7.60 Å². The normalized spacial score (nSPS) is 11.0. The number of hydrogen-bond donors (Lipinski definition) is 2. The van der Waals surface area contributed by atoms with Crippen molar-refractivity contribution in [3.63, 3.8) is 0 Å². The van der Waals surface area contributed by atoms with E-state index in [0.717, 1.165) is 6.07 Å². The molecule has 0 aliphatic rings. The highest BCUT2D eigenvalue weighted by Crippen LogP contribution is 2.36. The summed E-state index contributed by atoms with van der Waals surface area (Å²) in [5.41, 5.74) is -0.127. The summed E-state index contributed by atoms with van der Waals surface area (Å²) < 4.78 is 11.5. The van der Waals surface area contributed by atoms with Gasteiger partial charge in [0.15, 0.2) is 11.6 Å². The summed E-state index contributed by atoms with van der Waals surface area (Å²) in [6, 6.07) is 3.79. The third kappa shape index (κ3) is 3.20. The predicted octanol–water partition coefficient (Wildman–Crippen LogP) is 2.01. The minimum atomic E-state index is -4.69. The van der Waals surface area contributed by atoms with E-state index in [0.29, 0.717) is 0 Å². The third-order valence-corrected chi connectivity index (χ3v) is 3.60. The molecule has 0 saturated carbocycles. The molecule has 2 N–H and O–H groups in total. The van der Waals surface area contributed by atoms with Gasteiger partial charge in [0.05, 0.1) is 5.30 Å². The van der Waals surface area contributed by atoms with E-state index >= 15 is 0 Å². The SMILES string of the molecule is C=C(C)C(=O)c1cccc(P(=O)(O)O)c1C(=O)C(=C)C. The summed E-state index contributed by atoms with van der Waals surface area (Å²) in [6.07, 6.45) is 0. The molecule has 1 rings (SSSR count). The average Bonchev–Trinajstić information content (AvgIpc) is 2.34. The number of allylic oxidation sites excluding steroid dienone is 2. The molecule has 0 heterocycles. The van der Waals surface area contributed by atoms with Gasteiger partial charge in [0.25, 0.3) is 0 Å². The molecule has 0 atom stereocenters. The molecule has 1 aromatic carbocycles. The van der Waals surface area contributed by atoms with Crippen LogP contribution in [0.25, 0.3) is 0 Å². The first-order valence-corrected chi connectivity index (χ1v) is 7.28.